The summed E-state index contributed by atoms with van der Waals surface area (Å²) in [4.78, 5) is 8.37. The Morgan fingerprint density at radius 1 is 1.37 bits per heavy atom. The van der Waals surface area contributed by atoms with Crippen LogP contribution in [0.3, 0.4) is 0 Å². The van der Waals surface area contributed by atoms with Crippen LogP contribution in [0.1, 0.15) is 35.3 Å². The van der Waals surface area contributed by atoms with E-state index in [4.69, 9.17) is 10.7 Å². The molecule has 2 N–H and O–H groups in total. The number of aryl methyl sites for hydroxylation is 1. The molecule has 0 aromatic carbocycles. The predicted octanol–water partition coefficient (Wildman–Crippen LogP) is 1.09. The van der Waals surface area contributed by atoms with Crippen LogP contribution in [-0.2, 0) is 19.5 Å². The average molecular weight is 276 g/mol. The fourth-order valence-corrected chi connectivity index (χ4v) is 3.98. The van der Waals surface area contributed by atoms with E-state index in [1.165, 1.54) is 10.6 Å². The van der Waals surface area contributed by atoms with Crippen molar-refractivity contribution < 1.29 is 0 Å². The summed E-state index contributed by atoms with van der Waals surface area (Å²) < 4.78 is 2.11. The third kappa shape index (κ3) is 1.84. The molecule has 0 spiro atoms. The Hall–Kier alpha value is -1.47. The predicted molar refractivity (Wildman–Crippen MR) is 73.1 cm³/mol. The maximum absolute atomic E-state index is 6.17. The van der Waals surface area contributed by atoms with Crippen molar-refractivity contribution in [2.24, 2.45) is 5.73 Å². The van der Waals surface area contributed by atoms with Gasteiger partial charge < -0.3 is 15.2 Å². The first-order chi connectivity index (χ1) is 9.31. The number of nitrogens with two attached hydrogens (primary N) is 1. The molecule has 0 saturated carbocycles. The second-order valence-electron chi connectivity index (χ2n) is 5.17. The Bertz CT molecular complexity index is 603. The highest BCUT2D eigenvalue weighted by Crippen LogP contribution is 2.37. The molecule has 1 unspecified atom stereocenters. The quantitative estimate of drug-likeness (QED) is 0.844. The molecular formula is C12H16N6S. The number of fused-ring (bicyclic) bond motifs is 2. The maximum atomic E-state index is 6.17. The van der Waals surface area contributed by atoms with Crippen LogP contribution in [0.2, 0.25) is 0 Å². The second kappa shape index (κ2) is 4.28. The lowest BCUT2D eigenvalue weighted by Gasteiger charge is -2.26. The SMILES string of the molecule is NC1CCCc2nc(N3CCn4cnnc4C3)sc21. The van der Waals surface area contributed by atoms with Crippen molar-refractivity contribution in [3.8, 4) is 0 Å². The lowest BCUT2D eigenvalue weighted by Crippen LogP contribution is -2.33. The molecule has 2 aromatic heterocycles. The van der Waals surface area contributed by atoms with E-state index in [9.17, 15) is 0 Å². The number of rotatable bonds is 1. The van der Waals surface area contributed by atoms with Gasteiger partial charge in [-0.15, -0.1) is 10.2 Å². The molecule has 2 aliphatic rings. The van der Waals surface area contributed by atoms with Crippen molar-refractivity contribution in [2.45, 2.75) is 38.4 Å². The zero-order valence-corrected chi connectivity index (χ0v) is 11.4. The van der Waals surface area contributed by atoms with E-state index < -0.39 is 0 Å². The molecular weight excluding hydrogens is 260 g/mol. The molecule has 7 heteroatoms. The van der Waals surface area contributed by atoms with E-state index in [1.807, 2.05) is 0 Å². The van der Waals surface area contributed by atoms with Crippen molar-refractivity contribution in [3.05, 3.63) is 22.7 Å². The van der Waals surface area contributed by atoms with Gasteiger partial charge in [-0.25, -0.2) is 4.98 Å². The van der Waals surface area contributed by atoms with Gasteiger partial charge in [-0.05, 0) is 19.3 Å². The molecule has 19 heavy (non-hydrogen) atoms. The van der Waals surface area contributed by atoms with Crippen LogP contribution in [-0.4, -0.2) is 26.3 Å². The fraction of sp³-hybridized carbons (Fsp3) is 0.583. The van der Waals surface area contributed by atoms with E-state index in [0.717, 1.165) is 49.9 Å². The zero-order chi connectivity index (χ0) is 12.8. The Balaban J connectivity index is 1.64. The number of hydrogen-bond donors (Lipinski definition) is 1. The Morgan fingerprint density at radius 2 is 2.32 bits per heavy atom. The van der Waals surface area contributed by atoms with Gasteiger partial charge in [0.05, 0.1) is 12.2 Å². The van der Waals surface area contributed by atoms with Crippen molar-refractivity contribution in [1.82, 2.24) is 19.7 Å². The lowest BCUT2D eigenvalue weighted by molar-refractivity contribution is 0.556. The van der Waals surface area contributed by atoms with E-state index in [1.54, 1.807) is 17.7 Å². The standard InChI is InChI=1S/C12H16N6S/c13-8-2-1-3-9-11(8)19-12(15-9)17-4-5-18-7-14-16-10(18)6-17/h7-8H,1-6,13H2. The van der Waals surface area contributed by atoms with Crippen molar-refractivity contribution in [2.75, 3.05) is 11.4 Å². The Labute approximate surface area is 115 Å². The smallest absolute Gasteiger partial charge is 0.186 e. The van der Waals surface area contributed by atoms with Crippen LogP contribution < -0.4 is 10.6 Å². The molecule has 100 valence electrons. The van der Waals surface area contributed by atoms with Crippen LogP contribution in [0, 0.1) is 0 Å². The summed E-state index contributed by atoms with van der Waals surface area (Å²) in [6, 6.07) is 0.184. The second-order valence-corrected chi connectivity index (χ2v) is 6.18. The van der Waals surface area contributed by atoms with Gasteiger partial charge in [-0.1, -0.05) is 11.3 Å². The van der Waals surface area contributed by atoms with Crippen molar-refractivity contribution in [1.29, 1.82) is 0 Å². The summed E-state index contributed by atoms with van der Waals surface area (Å²) in [6.07, 6.45) is 5.12. The highest BCUT2D eigenvalue weighted by molar-refractivity contribution is 7.15. The first kappa shape index (κ1) is 11.4. The topological polar surface area (TPSA) is 72.9 Å². The Morgan fingerprint density at radius 3 is 3.21 bits per heavy atom. The summed E-state index contributed by atoms with van der Waals surface area (Å²) in [6.45, 7) is 2.69. The summed E-state index contributed by atoms with van der Waals surface area (Å²) in [5.41, 5.74) is 7.39. The molecule has 0 amide bonds. The molecule has 4 rings (SSSR count). The van der Waals surface area contributed by atoms with Gasteiger partial charge in [0.25, 0.3) is 0 Å². The minimum Gasteiger partial charge on any atom is -0.339 e. The number of anilines is 1. The van der Waals surface area contributed by atoms with E-state index in [-0.39, 0.29) is 6.04 Å². The first-order valence-corrected chi connectivity index (χ1v) is 7.50. The molecule has 2 aromatic rings. The molecule has 0 radical (unpaired) electrons. The first-order valence-electron chi connectivity index (χ1n) is 6.68. The lowest BCUT2D eigenvalue weighted by atomic mass is 9.99. The summed E-state index contributed by atoms with van der Waals surface area (Å²) in [7, 11) is 0. The van der Waals surface area contributed by atoms with Gasteiger partial charge in [-0.3, -0.25) is 0 Å². The molecule has 3 heterocycles. The van der Waals surface area contributed by atoms with Crippen LogP contribution in [0.5, 0.6) is 0 Å². The van der Waals surface area contributed by atoms with E-state index >= 15 is 0 Å². The fourth-order valence-electron chi connectivity index (χ4n) is 2.80. The highest BCUT2D eigenvalue weighted by atomic mass is 32.1. The number of nitrogens with zero attached hydrogens (tertiary/aromatic N) is 5. The summed E-state index contributed by atoms with van der Waals surface area (Å²) in [5, 5.41) is 9.21. The number of thiazole rings is 1. The third-order valence-electron chi connectivity index (χ3n) is 3.89. The monoisotopic (exact) mass is 276 g/mol. The van der Waals surface area contributed by atoms with Gasteiger partial charge in [-0.2, -0.15) is 0 Å². The van der Waals surface area contributed by atoms with Gasteiger partial charge in [0, 0.05) is 24.0 Å². The van der Waals surface area contributed by atoms with Crippen LogP contribution in [0.15, 0.2) is 6.33 Å². The third-order valence-corrected chi connectivity index (χ3v) is 5.18. The van der Waals surface area contributed by atoms with Crippen LogP contribution in [0.25, 0.3) is 0 Å². The molecule has 0 bridgehead atoms. The normalized spacial score (nSPS) is 22.2. The minimum absolute atomic E-state index is 0.184. The van der Waals surface area contributed by atoms with Gasteiger partial charge in [0.1, 0.15) is 6.33 Å². The number of aromatic nitrogens is 4. The van der Waals surface area contributed by atoms with E-state index in [0.29, 0.717) is 0 Å². The summed E-state index contributed by atoms with van der Waals surface area (Å²) in [5.74, 6) is 1.02. The molecule has 1 atom stereocenters. The van der Waals surface area contributed by atoms with E-state index in [2.05, 4.69) is 19.7 Å². The summed E-state index contributed by atoms with van der Waals surface area (Å²) >= 11 is 1.76. The van der Waals surface area contributed by atoms with Crippen molar-refractivity contribution in [3.63, 3.8) is 0 Å². The Kier molecular flexibility index (Phi) is 2.56. The van der Waals surface area contributed by atoms with Gasteiger partial charge in [0.15, 0.2) is 11.0 Å². The maximum Gasteiger partial charge on any atom is 0.186 e. The van der Waals surface area contributed by atoms with Crippen LogP contribution in [0.4, 0.5) is 5.13 Å². The molecule has 0 saturated heterocycles. The number of hydrogen-bond acceptors (Lipinski definition) is 6. The van der Waals surface area contributed by atoms with Crippen LogP contribution >= 0.6 is 11.3 Å². The largest absolute Gasteiger partial charge is 0.339 e. The zero-order valence-electron chi connectivity index (χ0n) is 10.6. The van der Waals surface area contributed by atoms with Gasteiger partial charge >= 0.3 is 0 Å². The minimum atomic E-state index is 0.184. The van der Waals surface area contributed by atoms with Gasteiger partial charge in [0.2, 0.25) is 0 Å². The van der Waals surface area contributed by atoms with Crippen molar-refractivity contribution >= 4 is 16.5 Å². The highest BCUT2D eigenvalue weighted by Gasteiger charge is 2.26. The molecule has 6 nitrogen and oxygen atoms in total. The average Bonchev–Trinajstić information content (AvgIpc) is 3.04. The molecule has 1 aliphatic heterocycles. The molecule has 1 aliphatic carbocycles. The molecule has 0 fully saturated rings.